The van der Waals surface area contributed by atoms with Gasteiger partial charge in [-0.3, -0.25) is 14.6 Å². The molecule has 5 fully saturated rings. The van der Waals surface area contributed by atoms with E-state index in [9.17, 15) is 14.0 Å². The largest absolute Gasteiger partial charge is 0.490 e. The molecule has 32 heavy (non-hydrogen) atoms. The number of rotatable bonds is 6. The summed E-state index contributed by atoms with van der Waals surface area (Å²) in [6.45, 7) is 3.59. The first-order valence-corrected chi connectivity index (χ1v) is 11.6. The summed E-state index contributed by atoms with van der Waals surface area (Å²) in [5, 5.41) is 7.01. The molecule has 2 aromatic rings. The molecule has 2 amide bonds. The zero-order valence-corrected chi connectivity index (χ0v) is 18.4. The molecule has 2 bridgehead atoms. The first-order valence-electron chi connectivity index (χ1n) is 11.6. The average molecular weight is 438 g/mol. The van der Waals surface area contributed by atoms with Gasteiger partial charge in [0.05, 0.1) is 11.6 Å². The van der Waals surface area contributed by atoms with Crippen LogP contribution in [-0.4, -0.2) is 34.0 Å². The lowest BCUT2D eigenvalue weighted by molar-refractivity contribution is -0.150. The van der Waals surface area contributed by atoms with Gasteiger partial charge in [-0.25, -0.2) is 4.39 Å². The number of hydrogen-bond donors (Lipinski definition) is 2. The highest BCUT2D eigenvalue weighted by Crippen LogP contribution is 2.63. The highest BCUT2D eigenvalue weighted by molar-refractivity contribution is 5.85. The maximum Gasteiger partial charge on any atom is 0.223 e. The van der Waals surface area contributed by atoms with Gasteiger partial charge in [-0.05, 0) is 74.1 Å². The molecule has 1 aromatic heterocycles. The van der Waals surface area contributed by atoms with Crippen LogP contribution in [0.3, 0.4) is 0 Å². The number of nitrogens with one attached hydrogen (secondary N) is 2. The number of carbonyl (C=O) groups excluding carboxylic acids is 2. The monoisotopic (exact) mass is 437 g/mol. The van der Waals surface area contributed by atoms with Crippen molar-refractivity contribution in [2.45, 2.75) is 63.1 Å². The van der Waals surface area contributed by atoms with Crippen LogP contribution in [0, 0.1) is 29.5 Å². The van der Waals surface area contributed by atoms with E-state index in [1.54, 1.807) is 25.3 Å². The lowest BCUT2D eigenvalue weighted by Gasteiger charge is -2.70. The summed E-state index contributed by atoms with van der Waals surface area (Å²) < 4.78 is 19.9. The van der Waals surface area contributed by atoms with E-state index in [0.717, 1.165) is 37.6 Å². The quantitative estimate of drug-likeness (QED) is 0.727. The molecule has 1 heterocycles. The predicted molar refractivity (Wildman–Crippen MR) is 116 cm³/mol. The zero-order chi connectivity index (χ0) is 22.3. The molecular weight excluding hydrogens is 409 g/mol. The smallest absolute Gasteiger partial charge is 0.223 e. The molecule has 6 nitrogen and oxygen atoms in total. The Morgan fingerprint density at radius 1 is 1.12 bits per heavy atom. The zero-order valence-electron chi connectivity index (χ0n) is 18.4. The molecule has 7 rings (SSSR count). The van der Waals surface area contributed by atoms with Crippen LogP contribution < -0.4 is 15.4 Å². The van der Waals surface area contributed by atoms with Crippen molar-refractivity contribution in [3.05, 3.63) is 36.3 Å². The van der Waals surface area contributed by atoms with Crippen LogP contribution in [0.1, 0.15) is 46.0 Å². The van der Waals surface area contributed by atoms with Gasteiger partial charge in [0.1, 0.15) is 11.6 Å². The van der Waals surface area contributed by atoms with E-state index >= 15 is 0 Å². The summed E-state index contributed by atoms with van der Waals surface area (Å²) in [5.41, 5.74) is 0.563. The van der Waals surface area contributed by atoms with Crippen LogP contribution >= 0.6 is 0 Å². The van der Waals surface area contributed by atoms with Crippen molar-refractivity contribution >= 4 is 22.7 Å². The average Bonchev–Trinajstić information content (AvgIpc) is 3.19. The summed E-state index contributed by atoms with van der Waals surface area (Å²) in [6.07, 6.45) is 6.22. The Morgan fingerprint density at radius 3 is 2.50 bits per heavy atom. The predicted octanol–water partition coefficient (Wildman–Crippen LogP) is 3.34. The SMILES string of the molecule is CC(=O)NC12CC(NC(=O)C(C)C3[C@H]4CC(Oc5ccnc6ccc(F)cc56)C[C@@H]34)(C1)C2. The number of hydrogen-bond acceptors (Lipinski definition) is 4. The molecule has 5 atom stereocenters. The van der Waals surface area contributed by atoms with E-state index in [4.69, 9.17) is 4.74 Å². The molecule has 0 radical (unpaired) electrons. The molecule has 168 valence electrons. The molecule has 2 N–H and O–H groups in total. The molecule has 5 aliphatic carbocycles. The molecule has 3 unspecified atom stereocenters. The van der Waals surface area contributed by atoms with Crippen LogP contribution in [0.25, 0.3) is 10.9 Å². The highest BCUT2D eigenvalue weighted by Gasteiger charge is 2.69. The number of aromatic nitrogens is 1. The molecule has 7 heteroatoms. The second-order valence-corrected chi connectivity index (χ2v) is 10.6. The van der Waals surface area contributed by atoms with Crippen LogP contribution in [0.15, 0.2) is 30.5 Å². The maximum absolute atomic E-state index is 13.7. The lowest BCUT2D eigenvalue weighted by Crippen LogP contribution is -2.83. The summed E-state index contributed by atoms with van der Waals surface area (Å²) in [6, 6.07) is 6.36. The molecular formula is C25H28FN3O3. The third-order valence-corrected chi connectivity index (χ3v) is 8.28. The topological polar surface area (TPSA) is 80.3 Å². The van der Waals surface area contributed by atoms with E-state index in [1.165, 1.54) is 12.1 Å². The summed E-state index contributed by atoms with van der Waals surface area (Å²) in [4.78, 5) is 28.5. The Kier molecular flexibility index (Phi) is 4.15. The summed E-state index contributed by atoms with van der Waals surface area (Å²) in [7, 11) is 0. The van der Waals surface area contributed by atoms with Crippen molar-refractivity contribution in [3.8, 4) is 5.75 Å². The second-order valence-electron chi connectivity index (χ2n) is 10.6. The van der Waals surface area contributed by atoms with Gasteiger partial charge in [0.2, 0.25) is 11.8 Å². The van der Waals surface area contributed by atoms with Crippen molar-refractivity contribution < 1.29 is 18.7 Å². The van der Waals surface area contributed by atoms with Gasteiger partial charge in [0.25, 0.3) is 0 Å². The van der Waals surface area contributed by atoms with Gasteiger partial charge in [-0.1, -0.05) is 6.92 Å². The number of pyridine rings is 1. The Hall–Kier alpha value is -2.70. The van der Waals surface area contributed by atoms with E-state index in [0.29, 0.717) is 28.9 Å². The standard InChI is InChI=1S/C25H28FN3O3/c1-13(23(31)29-25-10-24(11-25,12-25)28-14(2)30)22-17-8-16(9-18(17)22)32-21-5-6-27-20-4-3-15(26)7-19(20)21/h3-7,13,16-18,22H,8-12H2,1-2H3,(H,28,30)(H,29,31)/t13?,16?,17-,18+,22?,24?,25?. The highest BCUT2D eigenvalue weighted by atomic mass is 19.1. The number of nitrogens with zero attached hydrogens (tertiary/aromatic N) is 1. The Balaban J connectivity index is 1.03. The van der Waals surface area contributed by atoms with Crippen LogP contribution in [0.5, 0.6) is 5.75 Å². The number of benzene rings is 1. The number of fused-ring (bicyclic) bond motifs is 2. The molecule has 0 saturated heterocycles. The summed E-state index contributed by atoms with van der Waals surface area (Å²) >= 11 is 0. The Labute approximate surface area is 186 Å². The van der Waals surface area contributed by atoms with Gasteiger partial charge in [0, 0.05) is 35.5 Å². The summed E-state index contributed by atoms with van der Waals surface area (Å²) in [5.74, 6) is 1.98. The first kappa shape index (κ1) is 19.9. The minimum absolute atomic E-state index is 0.00507. The van der Waals surface area contributed by atoms with Crippen molar-refractivity contribution in [3.63, 3.8) is 0 Å². The van der Waals surface area contributed by atoms with Gasteiger partial charge >= 0.3 is 0 Å². The molecule has 5 aliphatic rings. The maximum atomic E-state index is 13.7. The van der Waals surface area contributed by atoms with E-state index in [-0.39, 0.29) is 40.7 Å². The fraction of sp³-hybridized carbons (Fsp3) is 0.560. The lowest BCUT2D eigenvalue weighted by atomic mass is 9.44. The van der Waals surface area contributed by atoms with Crippen LogP contribution in [-0.2, 0) is 9.59 Å². The second kappa shape index (κ2) is 6.65. The molecule has 1 aromatic carbocycles. The van der Waals surface area contributed by atoms with Gasteiger partial charge in [0.15, 0.2) is 0 Å². The van der Waals surface area contributed by atoms with E-state index in [2.05, 4.69) is 15.6 Å². The van der Waals surface area contributed by atoms with Gasteiger partial charge < -0.3 is 15.4 Å². The van der Waals surface area contributed by atoms with Crippen molar-refractivity contribution in [2.75, 3.05) is 0 Å². The van der Waals surface area contributed by atoms with Gasteiger partial charge in [-0.15, -0.1) is 0 Å². The number of amides is 2. The third kappa shape index (κ3) is 3.08. The fourth-order valence-electron chi connectivity index (χ4n) is 7.03. The number of halogens is 1. The third-order valence-electron chi connectivity index (χ3n) is 8.28. The Bertz CT molecular complexity index is 1100. The molecule has 0 spiro atoms. The van der Waals surface area contributed by atoms with Crippen molar-refractivity contribution in [1.82, 2.24) is 15.6 Å². The minimum atomic E-state index is -0.295. The van der Waals surface area contributed by atoms with Crippen molar-refractivity contribution in [1.29, 1.82) is 0 Å². The van der Waals surface area contributed by atoms with Crippen molar-refractivity contribution in [2.24, 2.45) is 23.7 Å². The normalized spacial score (nSPS) is 37.0. The Morgan fingerprint density at radius 2 is 1.81 bits per heavy atom. The van der Waals surface area contributed by atoms with E-state index in [1.807, 2.05) is 6.92 Å². The van der Waals surface area contributed by atoms with Crippen LogP contribution in [0.2, 0.25) is 0 Å². The molecule has 0 aliphatic heterocycles. The molecule has 5 saturated carbocycles. The minimum Gasteiger partial charge on any atom is -0.490 e. The van der Waals surface area contributed by atoms with E-state index < -0.39 is 0 Å². The van der Waals surface area contributed by atoms with Gasteiger partial charge in [-0.2, -0.15) is 0 Å². The fourth-order valence-corrected chi connectivity index (χ4v) is 7.03. The van der Waals surface area contributed by atoms with Crippen LogP contribution in [0.4, 0.5) is 4.39 Å². The number of ether oxygens (including phenoxy) is 1. The first-order chi connectivity index (χ1) is 15.3. The number of carbonyl (C=O) groups is 2.